The zero-order chi connectivity index (χ0) is 17.6. The average molecular weight is 356 g/mol. The fourth-order valence-corrected chi connectivity index (χ4v) is 4.30. The minimum Gasteiger partial charge on any atom is -0.412 e. The first-order valence-electron chi connectivity index (χ1n) is 9.19. The molecular weight excluding hydrogens is 328 g/mol. The van der Waals surface area contributed by atoms with E-state index in [9.17, 15) is 4.79 Å². The van der Waals surface area contributed by atoms with Gasteiger partial charge >= 0.3 is 6.03 Å². The second-order valence-corrected chi connectivity index (χ2v) is 7.05. The van der Waals surface area contributed by atoms with E-state index in [2.05, 4.69) is 52.7 Å². The number of carbonyl (C=O) groups excluding carboxylic acids is 1. The molecule has 1 aromatic heterocycles. The van der Waals surface area contributed by atoms with Gasteiger partial charge in [0, 0.05) is 42.8 Å². The van der Waals surface area contributed by atoms with Crippen LogP contribution in [-0.2, 0) is 6.42 Å². The molecule has 4 N–H and O–H groups in total. The molecule has 0 fully saturated rings. The SMILES string of the molecule is CCN(CC)C(=O)N[C@H]1C=C2c3cccc4[nH]cc(c34)C[C@H]2N(C)C1.O. The number of rotatable bonds is 3. The molecule has 0 saturated carbocycles. The highest BCUT2D eigenvalue weighted by molar-refractivity contribution is 5.98. The monoisotopic (exact) mass is 356 g/mol. The van der Waals surface area contributed by atoms with Crippen LogP contribution in [0.25, 0.3) is 16.5 Å². The van der Waals surface area contributed by atoms with Crippen molar-refractivity contribution in [2.45, 2.75) is 32.4 Å². The summed E-state index contributed by atoms with van der Waals surface area (Å²) >= 11 is 0. The molecular formula is C20H28N4O2. The number of fused-ring (bicyclic) bond motifs is 2. The standard InChI is InChI=1S/C20H26N4O.H2O/c1-4-24(5-2)20(25)22-14-10-16-15-7-6-8-17-19(15)13(11-21-17)9-18(16)23(3)12-14;/h6-8,10-11,14,18,21H,4-5,9,12H2,1-3H3,(H,22,25);1H2/t14-,18+;/m0./s1. The number of aromatic nitrogens is 1. The maximum atomic E-state index is 12.4. The summed E-state index contributed by atoms with van der Waals surface area (Å²) in [5, 5.41) is 4.54. The molecule has 2 heterocycles. The van der Waals surface area contributed by atoms with Crippen molar-refractivity contribution >= 4 is 22.5 Å². The van der Waals surface area contributed by atoms with Gasteiger partial charge in [0.2, 0.25) is 0 Å². The third kappa shape index (κ3) is 2.89. The van der Waals surface area contributed by atoms with Crippen LogP contribution in [0.15, 0.2) is 30.5 Å². The molecule has 1 aliphatic heterocycles. The van der Waals surface area contributed by atoms with E-state index in [1.54, 1.807) is 0 Å². The largest absolute Gasteiger partial charge is 0.412 e. The number of amides is 2. The molecule has 2 aromatic rings. The first-order valence-corrected chi connectivity index (χ1v) is 9.19. The molecule has 6 nitrogen and oxygen atoms in total. The third-order valence-electron chi connectivity index (χ3n) is 5.63. The lowest BCUT2D eigenvalue weighted by Crippen LogP contribution is -2.52. The summed E-state index contributed by atoms with van der Waals surface area (Å²) in [7, 11) is 2.16. The number of nitrogens with one attached hydrogen (secondary N) is 2. The van der Waals surface area contributed by atoms with Gasteiger partial charge in [-0.05, 0) is 50.1 Å². The summed E-state index contributed by atoms with van der Waals surface area (Å²) in [6, 6.07) is 6.90. The van der Waals surface area contributed by atoms with Crippen molar-refractivity contribution in [2.24, 2.45) is 0 Å². The van der Waals surface area contributed by atoms with Crippen LogP contribution >= 0.6 is 0 Å². The Kier molecular flexibility index (Phi) is 5.07. The predicted molar refractivity (Wildman–Crippen MR) is 105 cm³/mol. The van der Waals surface area contributed by atoms with E-state index in [1.165, 1.54) is 27.6 Å². The Balaban J connectivity index is 0.00000196. The number of likely N-dealkylation sites (N-methyl/N-ethyl adjacent to an activating group) is 1. The molecule has 2 amide bonds. The third-order valence-corrected chi connectivity index (χ3v) is 5.63. The Morgan fingerprint density at radius 3 is 2.85 bits per heavy atom. The van der Waals surface area contributed by atoms with Gasteiger partial charge < -0.3 is 20.7 Å². The molecule has 26 heavy (non-hydrogen) atoms. The van der Waals surface area contributed by atoms with E-state index in [4.69, 9.17) is 0 Å². The molecule has 6 heteroatoms. The second kappa shape index (κ2) is 7.13. The van der Waals surface area contributed by atoms with E-state index >= 15 is 0 Å². The van der Waals surface area contributed by atoms with Gasteiger partial charge in [-0.25, -0.2) is 4.79 Å². The van der Waals surface area contributed by atoms with Crippen LogP contribution in [0, 0.1) is 0 Å². The number of carbonyl (C=O) groups is 1. The van der Waals surface area contributed by atoms with Gasteiger partial charge in [-0.3, -0.25) is 4.90 Å². The Bertz CT molecular complexity index is 837. The maximum absolute atomic E-state index is 12.4. The lowest BCUT2D eigenvalue weighted by atomic mass is 9.81. The zero-order valence-corrected chi connectivity index (χ0v) is 15.7. The highest BCUT2D eigenvalue weighted by Crippen LogP contribution is 2.39. The second-order valence-electron chi connectivity index (χ2n) is 7.05. The minimum absolute atomic E-state index is 0. The molecule has 2 atom stereocenters. The van der Waals surface area contributed by atoms with Crippen LogP contribution in [0.5, 0.6) is 0 Å². The lowest BCUT2D eigenvalue weighted by Gasteiger charge is -2.40. The molecule has 0 unspecified atom stereocenters. The summed E-state index contributed by atoms with van der Waals surface area (Å²) in [4.78, 5) is 20.0. The molecule has 1 aliphatic carbocycles. The quantitative estimate of drug-likeness (QED) is 0.882. The van der Waals surface area contributed by atoms with Gasteiger partial charge in [0.1, 0.15) is 0 Å². The fourth-order valence-electron chi connectivity index (χ4n) is 4.30. The molecule has 2 aliphatic rings. The lowest BCUT2D eigenvalue weighted by molar-refractivity contribution is 0.193. The van der Waals surface area contributed by atoms with Crippen molar-refractivity contribution in [3.63, 3.8) is 0 Å². The van der Waals surface area contributed by atoms with Gasteiger partial charge in [-0.15, -0.1) is 0 Å². The molecule has 0 bridgehead atoms. The van der Waals surface area contributed by atoms with Crippen molar-refractivity contribution in [2.75, 3.05) is 26.7 Å². The van der Waals surface area contributed by atoms with Crippen molar-refractivity contribution in [1.82, 2.24) is 20.1 Å². The highest BCUT2D eigenvalue weighted by Gasteiger charge is 2.34. The molecule has 0 radical (unpaired) electrons. The Hall–Kier alpha value is -2.31. The molecule has 0 saturated heterocycles. The number of urea groups is 1. The van der Waals surface area contributed by atoms with Crippen LogP contribution in [0.4, 0.5) is 4.79 Å². The summed E-state index contributed by atoms with van der Waals surface area (Å²) < 4.78 is 0. The number of nitrogens with zero attached hydrogens (tertiary/aromatic N) is 2. The van der Waals surface area contributed by atoms with Crippen molar-refractivity contribution in [3.8, 4) is 0 Å². The predicted octanol–water partition coefficient (Wildman–Crippen LogP) is 2.02. The minimum atomic E-state index is 0. The summed E-state index contributed by atoms with van der Waals surface area (Å²) in [6.07, 6.45) is 5.44. The summed E-state index contributed by atoms with van der Waals surface area (Å²) in [5.74, 6) is 0. The van der Waals surface area contributed by atoms with Crippen LogP contribution < -0.4 is 5.32 Å². The van der Waals surface area contributed by atoms with Crippen LogP contribution in [0.1, 0.15) is 25.0 Å². The van der Waals surface area contributed by atoms with Crippen LogP contribution in [-0.4, -0.2) is 65.1 Å². The number of hydrogen-bond donors (Lipinski definition) is 2. The topological polar surface area (TPSA) is 82.9 Å². The van der Waals surface area contributed by atoms with E-state index in [1.807, 2.05) is 18.7 Å². The van der Waals surface area contributed by atoms with Crippen molar-refractivity contribution in [3.05, 3.63) is 41.6 Å². The number of hydrogen-bond acceptors (Lipinski definition) is 2. The summed E-state index contributed by atoms with van der Waals surface area (Å²) in [6.45, 7) is 6.34. The highest BCUT2D eigenvalue weighted by atomic mass is 16.2. The van der Waals surface area contributed by atoms with Gasteiger partial charge in [0.25, 0.3) is 0 Å². The van der Waals surface area contributed by atoms with Crippen LogP contribution in [0.2, 0.25) is 0 Å². The van der Waals surface area contributed by atoms with Crippen LogP contribution in [0.3, 0.4) is 0 Å². The van der Waals surface area contributed by atoms with Crippen molar-refractivity contribution < 1.29 is 10.3 Å². The van der Waals surface area contributed by atoms with Gasteiger partial charge in [-0.1, -0.05) is 18.2 Å². The summed E-state index contributed by atoms with van der Waals surface area (Å²) in [5.41, 5.74) is 5.24. The molecule has 140 valence electrons. The Morgan fingerprint density at radius 1 is 1.35 bits per heavy atom. The smallest absolute Gasteiger partial charge is 0.317 e. The number of H-pyrrole nitrogens is 1. The van der Waals surface area contributed by atoms with Crippen molar-refractivity contribution in [1.29, 1.82) is 0 Å². The van der Waals surface area contributed by atoms with Gasteiger partial charge in [0.15, 0.2) is 0 Å². The molecule has 0 spiro atoms. The van der Waals surface area contributed by atoms with Gasteiger partial charge in [0.05, 0.1) is 6.04 Å². The van der Waals surface area contributed by atoms with Gasteiger partial charge in [-0.2, -0.15) is 0 Å². The number of benzene rings is 1. The molecule has 4 rings (SSSR count). The van der Waals surface area contributed by atoms with E-state index in [0.717, 1.165) is 26.1 Å². The Morgan fingerprint density at radius 2 is 2.12 bits per heavy atom. The molecule has 1 aromatic carbocycles. The Labute approximate surface area is 154 Å². The number of aromatic amines is 1. The average Bonchev–Trinajstić information content (AvgIpc) is 3.02. The normalized spacial score (nSPS) is 21.6. The van der Waals surface area contributed by atoms with E-state index in [0.29, 0.717) is 6.04 Å². The first kappa shape index (κ1) is 18.5. The van der Waals surface area contributed by atoms with E-state index < -0.39 is 0 Å². The van der Waals surface area contributed by atoms with E-state index in [-0.39, 0.29) is 17.5 Å². The maximum Gasteiger partial charge on any atom is 0.317 e. The first-order chi connectivity index (χ1) is 12.1. The fraction of sp³-hybridized carbons (Fsp3) is 0.450. The zero-order valence-electron chi connectivity index (χ0n) is 15.7.